The molecule has 0 aliphatic heterocycles. The van der Waals surface area contributed by atoms with E-state index < -0.39 is 0 Å². The molecule has 0 amide bonds. The van der Waals surface area contributed by atoms with Crippen molar-refractivity contribution in [2.45, 2.75) is 0 Å². The largest absolute Gasteiger partial charge is 0.349 e. The summed E-state index contributed by atoms with van der Waals surface area (Å²) in [4.78, 5) is 15.6. The summed E-state index contributed by atoms with van der Waals surface area (Å²) in [6.45, 7) is 0. The van der Waals surface area contributed by atoms with Crippen molar-refractivity contribution in [3.63, 3.8) is 0 Å². The molecule has 0 bridgehead atoms. The lowest BCUT2D eigenvalue weighted by molar-refractivity contribution is -0.345. The Hall–Kier alpha value is -1.84. The van der Waals surface area contributed by atoms with Gasteiger partial charge in [0.15, 0.2) is 11.0 Å². The number of imidazole rings is 1. The highest BCUT2D eigenvalue weighted by molar-refractivity contribution is 6.39. The molecule has 0 atom stereocenters. The molecule has 0 fully saturated rings. The highest BCUT2D eigenvalue weighted by Gasteiger charge is 2.23. The summed E-state index contributed by atoms with van der Waals surface area (Å²) in [5, 5.41) is 0.686. The van der Waals surface area contributed by atoms with Gasteiger partial charge in [-0.05, 0) is 24.3 Å². The third-order valence-corrected chi connectivity index (χ3v) is 3.54. The van der Waals surface area contributed by atoms with Crippen LogP contribution in [0.2, 0.25) is 10.0 Å². The summed E-state index contributed by atoms with van der Waals surface area (Å²) in [6, 6.07) is 12.5. The lowest BCUT2D eigenvalue weighted by Gasteiger charge is -2.02. The SMILES string of the molecule is O=C(c1c(Cl)cccc1Cl)n1c[nH+]c2ccccc21. The van der Waals surface area contributed by atoms with Crippen LogP contribution in [-0.2, 0) is 0 Å². The van der Waals surface area contributed by atoms with Crippen molar-refractivity contribution < 1.29 is 9.78 Å². The molecule has 1 aromatic heterocycles. The Kier molecular flexibility index (Phi) is 3.01. The number of nitrogens with one attached hydrogen (secondary N) is 1. The molecule has 5 heteroatoms. The smallest absolute Gasteiger partial charge is 0.243 e. The summed E-state index contributed by atoms with van der Waals surface area (Å²) in [5.74, 6) is -0.256. The van der Waals surface area contributed by atoms with Gasteiger partial charge in [-0.3, -0.25) is 0 Å². The first-order valence-electron chi connectivity index (χ1n) is 5.65. The van der Waals surface area contributed by atoms with Gasteiger partial charge in [0, 0.05) is 0 Å². The van der Waals surface area contributed by atoms with E-state index in [2.05, 4.69) is 4.98 Å². The predicted molar refractivity (Wildman–Crippen MR) is 74.7 cm³/mol. The summed E-state index contributed by atoms with van der Waals surface area (Å²) < 4.78 is 1.50. The number of halogens is 2. The van der Waals surface area contributed by atoms with Gasteiger partial charge in [-0.1, -0.05) is 41.4 Å². The van der Waals surface area contributed by atoms with Gasteiger partial charge in [-0.15, -0.1) is 0 Å². The Balaban J connectivity index is 2.20. The molecule has 0 aliphatic carbocycles. The van der Waals surface area contributed by atoms with Crippen molar-refractivity contribution in [3.8, 4) is 0 Å². The fourth-order valence-electron chi connectivity index (χ4n) is 2.00. The van der Waals surface area contributed by atoms with Crippen LogP contribution in [0, 0.1) is 0 Å². The van der Waals surface area contributed by atoms with Crippen molar-refractivity contribution in [2.75, 3.05) is 0 Å². The van der Waals surface area contributed by atoms with Crippen LogP contribution in [0.25, 0.3) is 11.0 Å². The van der Waals surface area contributed by atoms with E-state index in [4.69, 9.17) is 23.2 Å². The molecule has 94 valence electrons. The van der Waals surface area contributed by atoms with Crippen LogP contribution in [0.15, 0.2) is 48.8 Å². The quantitative estimate of drug-likeness (QED) is 0.676. The zero-order valence-corrected chi connectivity index (χ0v) is 11.2. The topological polar surface area (TPSA) is 36.1 Å². The number of carbonyl (C=O) groups is 1. The average molecular weight is 292 g/mol. The minimum absolute atomic E-state index is 0.256. The third-order valence-electron chi connectivity index (χ3n) is 2.91. The van der Waals surface area contributed by atoms with Crippen molar-refractivity contribution in [3.05, 3.63) is 64.4 Å². The Morgan fingerprint density at radius 3 is 2.42 bits per heavy atom. The molecule has 0 saturated heterocycles. The molecule has 0 radical (unpaired) electrons. The van der Waals surface area contributed by atoms with Gasteiger partial charge in [0.25, 0.3) is 0 Å². The minimum atomic E-state index is -0.256. The molecule has 19 heavy (non-hydrogen) atoms. The van der Waals surface area contributed by atoms with Gasteiger partial charge in [0.05, 0.1) is 10.0 Å². The van der Waals surface area contributed by atoms with E-state index in [1.54, 1.807) is 24.5 Å². The minimum Gasteiger partial charge on any atom is -0.243 e. The first kappa shape index (κ1) is 12.2. The fraction of sp³-hybridized carbons (Fsp3) is 0. The lowest BCUT2D eigenvalue weighted by Crippen LogP contribution is -2.13. The van der Waals surface area contributed by atoms with Crippen LogP contribution in [0.4, 0.5) is 0 Å². The Morgan fingerprint density at radius 2 is 1.68 bits per heavy atom. The molecule has 0 saturated carbocycles. The molecule has 1 N–H and O–H groups in total. The van der Waals surface area contributed by atoms with Crippen molar-refractivity contribution in [2.24, 2.45) is 0 Å². The van der Waals surface area contributed by atoms with Gasteiger partial charge < -0.3 is 0 Å². The van der Waals surface area contributed by atoms with E-state index >= 15 is 0 Å². The molecule has 3 aromatic rings. The normalized spacial score (nSPS) is 10.8. The number of aromatic amines is 1. The zero-order valence-electron chi connectivity index (χ0n) is 9.73. The fourth-order valence-corrected chi connectivity index (χ4v) is 2.56. The summed E-state index contributed by atoms with van der Waals surface area (Å²) in [6.07, 6.45) is 1.60. The maximum absolute atomic E-state index is 12.5. The van der Waals surface area contributed by atoms with E-state index in [1.807, 2.05) is 24.3 Å². The molecular formula is C14H9Cl2N2O+. The molecule has 3 nitrogen and oxygen atoms in total. The standard InChI is InChI=1S/C14H8Cl2N2O/c15-9-4-3-5-10(16)13(9)14(19)18-8-17-11-6-1-2-7-12(11)18/h1-8H/p+1. The van der Waals surface area contributed by atoms with Crippen molar-refractivity contribution in [1.82, 2.24) is 4.57 Å². The maximum atomic E-state index is 12.5. The predicted octanol–water partition coefficient (Wildman–Crippen LogP) is 3.45. The second-order valence-corrected chi connectivity index (χ2v) is 4.88. The second-order valence-electron chi connectivity index (χ2n) is 4.06. The Bertz CT molecular complexity index is 760. The number of fused-ring (bicyclic) bond motifs is 1. The highest BCUT2D eigenvalue weighted by atomic mass is 35.5. The van der Waals surface area contributed by atoms with Gasteiger partial charge in [-0.25, -0.2) is 9.78 Å². The number of nitrogens with zero attached hydrogens (tertiary/aromatic N) is 1. The van der Waals surface area contributed by atoms with E-state index in [0.29, 0.717) is 15.6 Å². The summed E-state index contributed by atoms with van der Waals surface area (Å²) >= 11 is 12.1. The Morgan fingerprint density at radius 1 is 1.00 bits per heavy atom. The molecular weight excluding hydrogens is 283 g/mol. The monoisotopic (exact) mass is 291 g/mol. The van der Waals surface area contributed by atoms with Crippen LogP contribution in [0.3, 0.4) is 0 Å². The molecule has 2 aromatic carbocycles. The van der Waals surface area contributed by atoms with Crippen molar-refractivity contribution >= 4 is 40.1 Å². The van der Waals surface area contributed by atoms with Crippen LogP contribution in [0.5, 0.6) is 0 Å². The number of carbonyl (C=O) groups excluding carboxylic acids is 1. The molecule has 3 rings (SSSR count). The average Bonchev–Trinajstić information content (AvgIpc) is 2.82. The summed E-state index contributed by atoms with van der Waals surface area (Å²) in [5.41, 5.74) is 1.96. The number of benzene rings is 2. The van der Waals surface area contributed by atoms with Crippen LogP contribution in [0.1, 0.15) is 10.4 Å². The third kappa shape index (κ3) is 2.01. The zero-order chi connectivity index (χ0) is 13.4. The van der Waals surface area contributed by atoms with E-state index in [0.717, 1.165) is 11.0 Å². The number of aromatic nitrogens is 2. The van der Waals surface area contributed by atoms with E-state index in [1.165, 1.54) is 4.57 Å². The van der Waals surface area contributed by atoms with Gasteiger partial charge in [0.2, 0.25) is 6.33 Å². The molecule has 0 aliphatic rings. The highest BCUT2D eigenvalue weighted by Crippen LogP contribution is 2.26. The summed E-state index contributed by atoms with van der Waals surface area (Å²) in [7, 11) is 0. The first-order valence-corrected chi connectivity index (χ1v) is 6.40. The van der Waals surface area contributed by atoms with E-state index in [9.17, 15) is 4.79 Å². The van der Waals surface area contributed by atoms with Crippen LogP contribution < -0.4 is 4.98 Å². The number of hydrogen-bond acceptors (Lipinski definition) is 1. The second kappa shape index (κ2) is 4.68. The lowest BCUT2D eigenvalue weighted by atomic mass is 10.2. The maximum Gasteiger partial charge on any atom is 0.349 e. The van der Waals surface area contributed by atoms with Crippen LogP contribution in [-0.4, -0.2) is 10.5 Å². The van der Waals surface area contributed by atoms with Crippen molar-refractivity contribution in [1.29, 1.82) is 0 Å². The Labute approximate surface area is 119 Å². The molecule has 0 unspecified atom stereocenters. The van der Waals surface area contributed by atoms with Gasteiger partial charge >= 0.3 is 5.91 Å². The number of para-hydroxylation sites is 2. The van der Waals surface area contributed by atoms with Gasteiger partial charge in [-0.2, -0.15) is 4.57 Å². The first-order chi connectivity index (χ1) is 9.18. The number of H-pyrrole nitrogens is 1. The van der Waals surface area contributed by atoms with E-state index in [-0.39, 0.29) is 5.91 Å². The number of hydrogen-bond donors (Lipinski definition) is 0. The molecule has 1 heterocycles. The molecule has 0 spiro atoms. The van der Waals surface area contributed by atoms with Gasteiger partial charge in [0.1, 0.15) is 5.56 Å². The number of rotatable bonds is 1. The van der Waals surface area contributed by atoms with Crippen LogP contribution >= 0.6 is 23.2 Å².